The summed E-state index contributed by atoms with van der Waals surface area (Å²) in [7, 11) is 0. The summed E-state index contributed by atoms with van der Waals surface area (Å²) in [5.74, 6) is -2.58. The molecule has 0 saturated carbocycles. The molecule has 208 valence electrons. The molecule has 37 heavy (non-hydrogen) atoms. The van der Waals surface area contributed by atoms with Gasteiger partial charge >= 0.3 is 5.97 Å². The number of phenolic OH excluding ortho intramolecular Hbond substituents is 1. The van der Waals surface area contributed by atoms with E-state index in [1.807, 2.05) is 34.0 Å². The maximum atomic E-state index is 13.4. The molecule has 0 fully saturated rings. The summed E-state index contributed by atoms with van der Waals surface area (Å²) in [6, 6.07) is 2.21. The van der Waals surface area contributed by atoms with Crippen molar-refractivity contribution in [3.8, 4) is 5.75 Å². The maximum absolute atomic E-state index is 13.4. The molecule has 10 nitrogen and oxygen atoms in total. The zero-order valence-electron chi connectivity index (χ0n) is 22.3. The molecule has 3 amide bonds. The Kier molecular flexibility index (Phi) is 14.1. The normalized spacial score (nSPS) is 15.9. The van der Waals surface area contributed by atoms with Gasteiger partial charge in [-0.15, -0.1) is 0 Å². The molecule has 0 heterocycles. The number of aliphatic carboxylic acids is 1. The highest BCUT2D eigenvalue weighted by Gasteiger charge is 2.33. The number of aromatic hydroxyl groups is 1. The molecule has 0 saturated heterocycles. The molecule has 7 N–H and O–H groups in total. The average molecular weight is 539 g/mol. The molecule has 1 aromatic carbocycles. The van der Waals surface area contributed by atoms with E-state index in [0.717, 1.165) is 0 Å². The van der Waals surface area contributed by atoms with E-state index in [1.54, 1.807) is 12.1 Å². The Bertz CT molecular complexity index is 898. The van der Waals surface area contributed by atoms with Gasteiger partial charge in [0.1, 0.15) is 23.9 Å². The summed E-state index contributed by atoms with van der Waals surface area (Å²) in [5.41, 5.74) is 6.71. The van der Waals surface area contributed by atoms with Gasteiger partial charge < -0.3 is 31.9 Å². The minimum absolute atomic E-state index is 0.0500. The summed E-state index contributed by atoms with van der Waals surface area (Å²) < 4.78 is 0. The number of hydrogen-bond acceptors (Lipinski definition) is 7. The van der Waals surface area contributed by atoms with E-state index in [4.69, 9.17) is 5.73 Å². The van der Waals surface area contributed by atoms with Crippen LogP contribution in [0.25, 0.3) is 0 Å². The molecular formula is C26H42N4O6S. The molecule has 0 aliphatic heterocycles. The molecule has 0 bridgehead atoms. The third-order valence-electron chi connectivity index (χ3n) is 6.59. The highest BCUT2D eigenvalue weighted by atomic mass is 32.2. The van der Waals surface area contributed by atoms with E-state index in [9.17, 15) is 29.4 Å². The predicted octanol–water partition coefficient (Wildman–Crippen LogP) is 1.65. The first-order chi connectivity index (χ1) is 17.4. The summed E-state index contributed by atoms with van der Waals surface area (Å²) >= 11 is 1.46. The molecule has 6 unspecified atom stereocenters. The first-order valence-electron chi connectivity index (χ1n) is 12.6. The van der Waals surface area contributed by atoms with Gasteiger partial charge in [-0.3, -0.25) is 14.4 Å². The molecule has 11 heteroatoms. The standard InChI is InChI=1S/C26H42N4O6S/c1-6-15(3)21(27)24(33)30-22(16(4)7-2)25(34)29-20(14-17-8-10-18(31)11-9-17)23(32)28-19(26(35)36)12-13-37-5/h8-11,15-16,19-22,31H,6-7,12-14,27H2,1-5H3,(H,28,32)(H,29,34)(H,30,33)(H,35,36). The van der Waals surface area contributed by atoms with Gasteiger partial charge in [-0.25, -0.2) is 4.79 Å². The van der Waals surface area contributed by atoms with Gasteiger partial charge in [0.15, 0.2) is 0 Å². The molecule has 0 aliphatic carbocycles. The van der Waals surface area contributed by atoms with Crippen molar-refractivity contribution in [3.63, 3.8) is 0 Å². The van der Waals surface area contributed by atoms with Crippen LogP contribution in [0, 0.1) is 11.8 Å². The fourth-order valence-electron chi connectivity index (χ4n) is 3.57. The molecule has 6 atom stereocenters. The Morgan fingerprint density at radius 3 is 1.97 bits per heavy atom. The van der Waals surface area contributed by atoms with Crippen molar-refractivity contribution in [2.45, 2.75) is 77.5 Å². The van der Waals surface area contributed by atoms with Crippen molar-refractivity contribution in [1.82, 2.24) is 16.0 Å². The molecular weight excluding hydrogens is 496 g/mol. The van der Waals surface area contributed by atoms with E-state index < -0.39 is 47.9 Å². The molecule has 0 spiro atoms. The lowest BCUT2D eigenvalue weighted by Gasteiger charge is -2.29. The highest BCUT2D eigenvalue weighted by Crippen LogP contribution is 2.14. The van der Waals surface area contributed by atoms with Crippen molar-refractivity contribution < 1.29 is 29.4 Å². The van der Waals surface area contributed by atoms with Crippen LogP contribution in [0.5, 0.6) is 5.75 Å². The predicted molar refractivity (Wildman–Crippen MR) is 145 cm³/mol. The van der Waals surface area contributed by atoms with Crippen LogP contribution < -0.4 is 21.7 Å². The number of carbonyl (C=O) groups excluding carboxylic acids is 3. The van der Waals surface area contributed by atoms with Gasteiger partial charge in [-0.1, -0.05) is 52.7 Å². The Morgan fingerprint density at radius 2 is 1.46 bits per heavy atom. The third-order valence-corrected chi connectivity index (χ3v) is 7.23. The molecule has 1 rings (SSSR count). The minimum Gasteiger partial charge on any atom is -0.508 e. The van der Waals surface area contributed by atoms with Gasteiger partial charge in [0.2, 0.25) is 17.7 Å². The summed E-state index contributed by atoms with van der Waals surface area (Å²) in [6.45, 7) is 7.48. The van der Waals surface area contributed by atoms with Crippen LogP contribution in [0.15, 0.2) is 24.3 Å². The largest absolute Gasteiger partial charge is 0.508 e. The van der Waals surface area contributed by atoms with Crippen LogP contribution in [0.1, 0.15) is 52.5 Å². The van der Waals surface area contributed by atoms with E-state index in [-0.39, 0.29) is 30.4 Å². The SMILES string of the molecule is CCC(C)C(N)C(=O)NC(C(=O)NC(Cc1ccc(O)cc1)C(=O)NC(CCSC)C(=O)O)C(C)CC. The number of rotatable bonds is 16. The minimum atomic E-state index is -1.17. The van der Waals surface area contributed by atoms with Gasteiger partial charge in [-0.05, 0) is 48.0 Å². The maximum Gasteiger partial charge on any atom is 0.326 e. The quantitative estimate of drug-likeness (QED) is 0.184. The van der Waals surface area contributed by atoms with E-state index in [0.29, 0.717) is 24.2 Å². The van der Waals surface area contributed by atoms with Crippen LogP contribution >= 0.6 is 11.8 Å². The number of phenols is 1. The van der Waals surface area contributed by atoms with Crippen LogP contribution in [-0.2, 0) is 25.6 Å². The van der Waals surface area contributed by atoms with Crippen molar-refractivity contribution in [1.29, 1.82) is 0 Å². The van der Waals surface area contributed by atoms with Gasteiger partial charge in [-0.2, -0.15) is 11.8 Å². The Labute approximate surface area is 223 Å². The molecule has 1 aromatic rings. The van der Waals surface area contributed by atoms with E-state index >= 15 is 0 Å². The number of carbonyl (C=O) groups is 4. The van der Waals surface area contributed by atoms with E-state index in [1.165, 1.54) is 23.9 Å². The fraction of sp³-hybridized carbons (Fsp3) is 0.615. The molecule has 0 aromatic heterocycles. The number of thioether (sulfide) groups is 1. The topological polar surface area (TPSA) is 171 Å². The van der Waals surface area contributed by atoms with E-state index in [2.05, 4.69) is 16.0 Å². The first-order valence-corrected chi connectivity index (χ1v) is 14.0. The lowest BCUT2D eigenvalue weighted by Crippen LogP contribution is -2.59. The van der Waals surface area contributed by atoms with Crippen molar-refractivity contribution >= 4 is 35.5 Å². The number of carboxylic acids is 1. The molecule has 0 radical (unpaired) electrons. The lowest BCUT2D eigenvalue weighted by molar-refractivity contribution is -0.142. The summed E-state index contributed by atoms with van der Waals surface area (Å²) in [6.07, 6.45) is 3.40. The lowest BCUT2D eigenvalue weighted by atomic mass is 9.95. The Hall–Kier alpha value is -2.79. The number of hydrogen-bond donors (Lipinski definition) is 6. The summed E-state index contributed by atoms with van der Waals surface area (Å²) in [5, 5.41) is 27.1. The van der Waals surface area contributed by atoms with Crippen LogP contribution in [0.2, 0.25) is 0 Å². The number of nitrogens with two attached hydrogens (primary N) is 1. The first kappa shape index (κ1) is 32.2. The average Bonchev–Trinajstić information content (AvgIpc) is 2.88. The van der Waals surface area contributed by atoms with Crippen LogP contribution in [0.4, 0.5) is 0 Å². The number of carboxylic acid groups (broad SMARTS) is 1. The van der Waals surface area contributed by atoms with Gasteiger partial charge in [0, 0.05) is 6.42 Å². The van der Waals surface area contributed by atoms with Crippen molar-refractivity contribution in [2.75, 3.05) is 12.0 Å². The monoisotopic (exact) mass is 538 g/mol. The second-order valence-electron chi connectivity index (χ2n) is 9.40. The third kappa shape index (κ3) is 10.6. The zero-order valence-corrected chi connectivity index (χ0v) is 23.1. The number of nitrogens with one attached hydrogen (secondary N) is 3. The van der Waals surface area contributed by atoms with Crippen molar-refractivity contribution in [2.24, 2.45) is 17.6 Å². The van der Waals surface area contributed by atoms with Crippen LogP contribution in [-0.4, -0.2) is 70.1 Å². The van der Waals surface area contributed by atoms with Crippen molar-refractivity contribution in [3.05, 3.63) is 29.8 Å². The fourth-order valence-corrected chi connectivity index (χ4v) is 4.04. The second kappa shape index (κ2) is 16.1. The highest BCUT2D eigenvalue weighted by molar-refractivity contribution is 7.98. The summed E-state index contributed by atoms with van der Waals surface area (Å²) in [4.78, 5) is 51.0. The Morgan fingerprint density at radius 1 is 0.892 bits per heavy atom. The smallest absolute Gasteiger partial charge is 0.326 e. The second-order valence-corrected chi connectivity index (χ2v) is 10.4. The number of benzene rings is 1. The zero-order chi connectivity index (χ0) is 28.1. The number of amides is 3. The van der Waals surface area contributed by atoms with Gasteiger partial charge in [0.05, 0.1) is 6.04 Å². The van der Waals surface area contributed by atoms with Crippen LogP contribution in [0.3, 0.4) is 0 Å². The molecule has 0 aliphatic rings. The Balaban J connectivity index is 3.18. The van der Waals surface area contributed by atoms with Gasteiger partial charge in [0.25, 0.3) is 0 Å².